The van der Waals surface area contributed by atoms with Gasteiger partial charge < -0.3 is 4.74 Å². The number of carbonyl (C=O) groups excluding carboxylic acids is 1. The molecule has 1 aliphatic heterocycles. The van der Waals surface area contributed by atoms with Crippen LogP contribution in [0.5, 0.6) is 0 Å². The largest absolute Gasteiger partial charge is 0.465 e. The minimum Gasteiger partial charge on any atom is -0.465 e. The van der Waals surface area contributed by atoms with Crippen LogP contribution in [0.1, 0.15) is 70.6 Å². The topological polar surface area (TPSA) is 26.3 Å². The first kappa shape index (κ1) is 14.3. The van der Waals surface area contributed by atoms with E-state index >= 15 is 0 Å². The van der Waals surface area contributed by atoms with E-state index in [1.807, 2.05) is 0 Å². The number of esters is 1. The summed E-state index contributed by atoms with van der Waals surface area (Å²) in [5.41, 5.74) is 0. The van der Waals surface area contributed by atoms with Crippen LogP contribution in [0.4, 0.5) is 0 Å². The van der Waals surface area contributed by atoms with Gasteiger partial charge >= 0.3 is 5.97 Å². The number of allylic oxidation sites excluding steroid dienone is 1. The van der Waals surface area contributed by atoms with Crippen molar-refractivity contribution in [3.8, 4) is 0 Å². The molecule has 1 heterocycles. The lowest BCUT2D eigenvalue weighted by Crippen LogP contribution is -2.05. The van der Waals surface area contributed by atoms with E-state index in [1.54, 1.807) is 0 Å². The molecule has 2 nitrogen and oxygen atoms in total. The predicted molar refractivity (Wildman–Crippen MR) is 70.9 cm³/mol. The molecule has 0 atom stereocenters. The van der Waals surface area contributed by atoms with Crippen molar-refractivity contribution < 1.29 is 9.53 Å². The highest BCUT2D eigenvalue weighted by atomic mass is 16.5. The first-order valence-electron chi connectivity index (χ1n) is 7.20. The van der Waals surface area contributed by atoms with E-state index < -0.39 is 0 Å². The molecule has 0 saturated carbocycles. The molecule has 0 aromatic rings. The van der Waals surface area contributed by atoms with Gasteiger partial charge in [0.05, 0.1) is 6.61 Å². The van der Waals surface area contributed by atoms with Crippen LogP contribution < -0.4 is 0 Å². The van der Waals surface area contributed by atoms with Gasteiger partial charge in [0, 0.05) is 6.42 Å². The Kier molecular flexibility index (Phi) is 8.71. The Morgan fingerprint density at radius 3 is 2.12 bits per heavy atom. The Balaban J connectivity index is 2.19. The Hall–Kier alpha value is -0.790. The summed E-state index contributed by atoms with van der Waals surface area (Å²) in [4.78, 5) is 11.3. The number of hydrogen-bond acceptors (Lipinski definition) is 2. The van der Waals surface area contributed by atoms with Crippen LogP contribution in [0.15, 0.2) is 12.2 Å². The van der Waals surface area contributed by atoms with E-state index in [1.165, 1.54) is 51.4 Å². The van der Waals surface area contributed by atoms with Crippen LogP contribution in [0, 0.1) is 0 Å². The van der Waals surface area contributed by atoms with Crippen molar-refractivity contribution in [1.29, 1.82) is 0 Å². The van der Waals surface area contributed by atoms with Gasteiger partial charge in [0.2, 0.25) is 0 Å². The van der Waals surface area contributed by atoms with Gasteiger partial charge in [-0.05, 0) is 25.7 Å². The van der Waals surface area contributed by atoms with Gasteiger partial charge in [-0.2, -0.15) is 0 Å². The molecule has 17 heavy (non-hydrogen) atoms. The molecule has 2 heteroatoms. The van der Waals surface area contributed by atoms with Crippen LogP contribution in [-0.2, 0) is 9.53 Å². The van der Waals surface area contributed by atoms with Crippen molar-refractivity contribution in [2.75, 3.05) is 6.61 Å². The summed E-state index contributed by atoms with van der Waals surface area (Å²) in [6.07, 6.45) is 17.2. The summed E-state index contributed by atoms with van der Waals surface area (Å²) in [6.45, 7) is 0.551. The van der Waals surface area contributed by atoms with Gasteiger partial charge in [-0.25, -0.2) is 0 Å². The zero-order chi connectivity index (χ0) is 12.2. The third-order valence-electron chi connectivity index (χ3n) is 3.22. The fourth-order valence-corrected chi connectivity index (χ4v) is 2.14. The molecule has 0 amide bonds. The zero-order valence-corrected chi connectivity index (χ0v) is 11.0. The minimum atomic E-state index is -0.0227. The fraction of sp³-hybridized carbons (Fsp3) is 0.800. The molecule has 0 aromatic carbocycles. The van der Waals surface area contributed by atoms with Gasteiger partial charge in [-0.3, -0.25) is 4.79 Å². The van der Waals surface area contributed by atoms with Gasteiger partial charge in [0.25, 0.3) is 0 Å². The Morgan fingerprint density at radius 2 is 1.35 bits per heavy atom. The molecular weight excluding hydrogens is 212 g/mol. The van der Waals surface area contributed by atoms with Gasteiger partial charge in [-0.15, -0.1) is 0 Å². The third-order valence-corrected chi connectivity index (χ3v) is 3.22. The summed E-state index contributed by atoms with van der Waals surface area (Å²) in [5.74, 6) is -0.0227. The quantitative estimate of drug-likeness (QED) is 0.462. The smallest absolute Gasteiger partial charge is 0.305 e. The minimum absolute atomic E-state index is 0.0227. The molecule has 98 valence electrons. The predicted octanol–water partition coefficient (Wildman–Crippen LogP) is 4.39. The van der Waals surface area contributed by atoms with Crippen molar-refractivity contribution in [3.05, 3.63) is 12.2 Å². The van der Waals surface area contributed by atoms with E-state index in [0.717, 1.165) is 12.8 Å². The van der Waals surface area contributed by atoms with E-state index in [-0.39, 0.29) is 5.97 Å². The highest BCUT2D eigenvalue weighted by molar-refractivity contribution is 5.69. The molecule has 1 rings (SSSR count). The molecule has 0 bridgehead atoms. The fourth-order valence-electron chi connectivity index (χ4n) is 2.14. The maximum atomic E-state index is 11.3. The van der Waals surface area contributed by atoms with Crippen LogP contribution in [-0.4, -0.2) is 12.6 Å². The maximum absolute atomic E-state index is 11.3. The first-order valence-corrected chi connectivity index (χ1v) is 7.20. The molecular formula is C15H26O2. The summed E-state index contributed by atoms with van der Waals surface area (Å²) >= 11 is 0. The lowest BCUT2D eigenvalue weighted by Gasteiger charge is -2.04. The number of ether oxygens (including phenoxy) is 1. The Labute approximate surface area is 105 Å². The van der Waals surface area contributed by atoms with Crippen molar-refractivity contribution >= 4 is 5.97 Å². The average Bonchev–Trinajstić information content (AvgIpc) is 2.32. The summed E-state index contributed by atoms with van der Waals surface area (Å²) in [7, 11) is 0. The molecule has 0 aliphatic carbocycles. The van der Waals surface area contributed by atoms with Crippen molar-refractivity contribution in [2.24, 2.45) is 0 Å². The van der Waals surface area contributed by atoms with Crippen LogP contribution in [0.2, 0.25) is 0 Å². The number of hydrogen-bond donors (Lipinski definition) is 0. The Morgan fingerprint density at radius 1 is 0.765 bits per heavy atom. The molecule has 0 N–H and O–H groups in total. The van der Waals surface area contributed by atoms with Crippen LogP contribution >= 0.6 is 0 Å². The van der Waals surface area contributed by atoms with Crippen molar-refractivity contribution in [2.45, 2.75) is 70.6 Å². The van der Waals surface area contributed by atoms with E-state index in [0.29, 0.717) is 13.0 Å². The third kappa shape index (κ3) is 8.96. The molecule has 0 spiro atoms. The van der Waals surface area contributed by atoms with Crippen molar-refractivity contribution in [3.63, 3.8) is 0 Å². The summed E-state index contributed by atoms with van der Waals surface area (Å²) in [5, 5.41) is 0. The van der Waals surface area contributed by atoms with Gasteiger partial charge in [0.15, 0.2) is 0 Å². The maximum Gasteiger partial charge on any atom is 0.305 e. The molecule has 0 radical (unpaired) electrons. The highest BCUT2D eigenvalue weighted by Crippen LogP contribution is 2.11. The molecule has 0 saturated heterocycles. The second kappa shape index (κ2) is 10.4. The first-order chi connectivity index (χ1) is 8.39. The van der Waals surface area contributed by atoms with E-state index in [2.05, 4.69) is 12.2 Å². The highest BCUT2D eigenvalue weighted by Gasteiger charge is 2.01. The standard InChI is InChI=1S/C15H26O2/c16-15-13-11-9-7-5-3-1-2-4-6-8-10-12-14-17-15/h8,10H,1-7,9,11-14H2/b10-8-. The lowest BCUT2D eigenvalue weighted by atomic mass is 10.1. The van der Waals surface area contributed by atoms with Crippen LogP contribution in [0.3, 0.4) is 0 Å². The number of carbonyl (C=O) groups is 1. The second-order valence-corrected chi connectivity index (χ2v) is 4.85. The lowest BCUT2D eigenvalue weighted by molar-refractivity contribution is -0.143. The Bertz CT molecular complexity index is 221. The number of cyclic esters (lactones) is 1. The zero-order valence-electron chi connectivity index (χ0n) is 11.0. The van der Waals surface area contributed by atoms with E-state index in [4.69, 9.17) is 4.74 Å². The molecule has 0 unspecified atom stereocenters. The van der Waals surface area contributed by atoms with Crippen LogP contribution in [0.25, 0.3) is 0 Å². The van der Waals surface area contributed by atoms with E-state index in [9.17, 15) is 4.79 Å². The molecule has 0 fully saturated rings. The second-order valence-electron chi connectivity index (χ2n) is 4.85. The van der Waals surface area contributed by atoms with Gasteiger partial charge in [0.1, 0.15) is 0 Å². The summed E-state index contributed by atoms with van der Waals surface area (Å²) < 4.78 is 5.15. The average molecular weight is 238 g/mol. The van der Waals surface area contributed by atoms with Crippen molar-refractivity contribution in [1.82, 2.24) is 0 Å². The molecule has 0 aromatic heterocycles. The normalized spacial score (nSPS) is 23.9. The summed E-state index contributed by atoms with van der Waals surface area (Å²) in [6, 6.07) is 0. The van der Waals surface area contributed by atoms with Gasteiger partial charge in [-0.1, -0.05) is 50.7 Å². The molecule has 1 aliphatic rings. The SMILES string of the molecule is O=C1CCCCCCCCCC/C=C\CCO1. The monoisotopic (exact) mass is 238 g/mol. The number of rotatable bonds is 0.